The molecule has 1 spiro atoms. The van der Waals surface area contributed by atoms with Crippen molar-refractivity contribution in [3.05, 3.63) is 0 Å². The quantitative estimate of drug-likeness (QED) is 0.745. The first-order valence-corrected chi connectivity index (χ1v) is 6.62. The largest absolute Gasteiger partial charge is 0.356 e. The Labute approximate surface area is 103 Å². The number of piperidine rings is 2. The van der Waals surface area contributed by atoms with E-state index in [1.165, 1.54) is 0 Å². The van der Waals surface area contributed by atoms with Crippen LogP contribution in [0.5, 0.6) is 0 Å². The van der Waals surface area contributed by atoms with Crippen molar-refractivity contribution in [1.29, 1.82) is 0 Å². The van der Waals surface area contributed by atoms with E-state index in [2.05, 4.69) is 5.32 Å². The number of carbonyl (C=O) groups is 2. The van der Waals surface area contributed by atoms with Crippen molar-refractivity contribution in [2.45, 2.75) is 39.5 Å². The predicted octanol–water partition coefficient (Wildman–Crippen LogP) is 1.16. The van der Waals surface area contributed by atoms with E-state index in [9.17, 15) is 9.59 Å². The molecule has 2 fully saturated rings. The summed E-state index contributed by atoms with van der Waals surface area (Å²) in [6.45, 7) is 6.16. The summed E-state index contributed by atoms with van der Waals surface area (Å²) >= 11 is 0. The molecule has 96 valence electrons. The first kappa shape index (κ1) is 12.4. The van der Waals surface area contributed by atoms with Crippen molar-refractivity contribution in [2.75, 3.05) is 19.6 Å². The van der Waals surface area contributed by atoms with Gasteiger partial charge in [0.15, 0.2) is 0 Å². The van der Waals surface area contributed by atoms with Gasteiger partial charge in [-0.15, -0.1) is 0 Å². The van der Waals surface area contributed by atoms with Crippen molar-refractivity contribution in [3.63, 3.8) is 0 Å². The molecule has 2 heterocycles. The van der Waals surface area contributed by atoms with Gasteiger partial charge >= 0.3 is 0 Å². The highest BCUT2D eigenvalue weighted by Gasteiger charge is 2.43. The Morgan fingerprint density at radius 1 is 1.29 bits per heavy atom. The number of hydrogen-bond acceptors (Lipinski definition) is 2. The third-order valence-electron chi connectivity index (χ3n) is 4.13. The van der Waals surface area contributed by atoms with Gasteiger partial charge in [0.1, 0.15) is 0 Å². The highest BCUT2D eigenvalue weighted by molar-refractivity contribution is 5.84. The molecule has 2 aliphatic heterocycles. The molecule has 2 rings (SSSR count). The summed E-state index contributed by atoms with van der Waals surface area (Å²) in [5.41, 5.74) is -0.175. The van der Waals surface area contributed by atoms with Crippen LogP contribution in [0.25, 0.3) is 0 Å². The third kappa shape index (κ3) is 2.31. The van der Waals surface area contributed by atoms with Crippen LogP contribution < -0.4 is 5.32 Å². The Hall–Kier alpha value is -1.06. The van der Waals surface area contributed by atoms with E-state index < -0.39 is 0 Å². The fourth-order valence-electron chi connectivity index (χ4n) is 2.93. The maximum absolute atomic E-state index is 12.0. The normalized spacial score (nSPS) is 23.9. The van der Waals surface area contributed by atoms with Crippen LogP contribution in [0.15, 0.2) is 0 Å². The monoisotopic (exact) mass is 238 g/mol. The second-order valence-electron chi connectivity index (χ2n) is 5.62. The Morgan fingerprint density at radius 2 is 1.94 bits per heavy atom. The van der Waals surface area contributed by atoms with Crippen LogP contribution >= 0.6 is 0 Å². The molecule has 0 aliphatic carbocycles. The Bertz CT molecular complexity index is 317. The van der Waals surface area contributed by atoms with E-state index in [4.69, 9.17) is 0 Å². The summed E-state index contributed by atoms with van der Waals surface area (Å²) in [5, 5.41) is 2.97. The number of likely N-dealkylation sites (tertiary alicyclic amines) is 1. The smallest absolute Gasteiger partial charge is 0.226 e. The lowest BCUT2D eigenvalue weighted by Gasteiger charge is -2.43. The highest BCUT2D eigenvalue weighted by Crippen LogP contribution is 2.38. The molecule has 0 aromatic heterocycles. The van der Waals surface area contributed by atoms with E-state index >= 15 is 0 Å². The van der Waals surface area contributed by atoms with Gasteiger partial charge in [0.25, 0.3) is 0 Å². The fourth-order valence-corrected chi connectivity index (χ4v) is 2.93. The highest BCUT2D eigenvalue weighted by atomic mass is 16.2. The fraction of sp³-hybridized carbons (Fsp3) is 0.846. The van der Waals surface area contributed by atoms with Gasteiger partial charge in [-0.2, -0.15) is 0 Å². The van der Waals surface area contributed by atoms with Crippen molar-refractivity contribution >= 4 is 11.8 Å². The van der Waals surface area contributed by atoms with E-state index in [-0.39, 0.29) is 23.1 Å². The third-order valence-corrected chi connectivity index (χ3v) is 4.13. The number of nitrogens with zero attached hydrogens (tertiary/aromatic N) is 1. The van der Waals surface area contributed by atoms with Gasteiger partial charge in [0.05, 0.1) is 5.41 Å². The van der Waals surface area contributed by atoms with E-state index in [1.807, 2.05) is 18.7 Å². The first-order valence-electron chi connectivity index (χ1n) is 6.62. The minimum atomic E-state index is -0.175. The number of rotatable bonds is 1. The van der Waals surface area contributed by atoms with Crippen LogP contribution in [-0.4, -0.2) is 36.3 Å². The molecule has 0 saturated carbocycles. The van der Waals surface area contributed by atoms with Crippen LogP contribution in [0.4, 0.5) is 0 Å². The SMILES string of the molecule is CC(C)C(=O)N1CCC2(CCCNC2=O)CC1. The summed E-state index contributed by atoms with van der Waals surface area (Å²) < 4.78 is 0. The molecule has 0 unspecified atom stereocenters. The van der Waals surface area contributed by atoms with Gasteiger partial charge < -0.3 is 10.2 Å². The molecule has 2 saturated heterocycles. The standard InChI is InChI=1S/C13H22N2O2/c1-10(2)11(16)15-8-5-13(6-9-15)4-3-7-14-12(13)17/h10H,3-9H2,1-2H3,(H,14,17). The lowest BCUT2D eigenvalue weighted by Crippen LogP contribution is -2.53. The molecule has 2 aliphatic rings. The Balaban J connectivity index is 1.97. The molecular weight excluding hydrogens is 216 g/mol. The zero-order valence-corrected chi connectivity index (χ0v) is 10.8. The summed E-state index contributed by atoms with van der Waals surface area (Å²) in [4.78, 5) is 25.8. The Morgan fingerprint density at radius 3 is 2.47 bits per heavy atom. The topological polar surface area (TPSA) is 49.4 Å². The number of amides is 2. The average molecular weight is 238 g/mol. The lowest BCUT2D eigenvalue weighted by molar-refractivity contribution is -0.144. The number of carbonyl (C=O) groups excluding carboxylic acids is 2. The number of nitrogens with one attached hydrogen (secondary N) is 1. The minimum absolute atomic E-state index is 0.0595. The second kappa shape index (κ2) is 4.67. The lowest BCUT2D eigenvalue weighted by atomic mass is 9.72. The van der Waals surface area contributed by atoms with Gasteiger partial charge in [-0.25, -0.2) is 0 Å². The Kier molecular flexibility index (Phi) is 3.40. The van der Waals surface area contributed by atoms with Crippen LogP contribution in [-0.2, 0) is 9.59 Å². The van der Waals surface area contributed by atoms with Crippen molar-refractivity contribution in [2.24, 2.45) is 11.3 Å². The molecule has 0 atom stereocenters. The van der Waals surface area contributed by atoms with Gasteiger partial charge in [-0.1, -0.05) is 13.8 Å². The van der Waals surface area contributed by atoms with Crippen LogP contribution in [0, 0.1) is 11.3 Å². The van der Waals surface area contributed by atoms with Gasteiger partial charge in [0.2, 0.25) is 11.8 Å². The predicted molar refractivity (Wildman–Crippen MR) is 65.3 cm³/mol. The summed E-state index contributed by atoms with van der Waals surface area (Å²) in [7, 11) is 0. The zero-order chi connectivity index (χ0) is 12.5. The maximum atomic E-state index is 12.0. The average Bonchev–Trinajstić information content (AvgIpc) is 2.33. The van der Waals surface area contributed by atoms with Crippen LogP contribution in [0.1, 0.15) is 39.5 Å². The van der Waals surface area contributed by atoms with Crippen LogP contribution in [0.3, 0.4) is 0 Å². The van der Waals surface area contributed by atoms with Crippen LogP contribution in [0.2, 0.25) is 0 Å². The zero-order valence-electron chi connectivity index (χ0n) is 10.8. The van der Waals surface area contributed by atoms with E-state index in [1.54, 1.807) is 0 Å². The summed E-state index contributed by atoms with van der Waals surface area (Å²) in [6.07, 6.45) is 3.72. The second-order valence-corrected chi connectivity index (χ2v) is 5.62. The van der Waals surface area contributed by atoms with Gasteiger partial charge in [0, 0.05) is 25.6 Å². The number of hydrogen-bond donors (Lipinski definition) is 1. The molecule has 4 nitrogen and oxygen atoms in total. The minimum Gasteiger partial charge on any atom is -0.356 e. The molecule has 0 radical (unpaired) electrons. The molecule has 0 bridgehead atoms. The van der Waals surface area contributed by atoms with Crippen molar-refractivity contribution < 1.29 is 9.59 Å². The van der Waals surface area contributed by atoms with Gasteiger partial charge in [-0.3, -0.25) is 9.59 Å². The van der Waals surface area contributed by atoms with E-state index in [0.717, 1.165) is 45.3 Å². The van der Waals surface area contributed by atoms with Gasteiger partial charge in [-0.05, 0) is 25.7 Å². The van der Waals surface area contributed by atoms with Crippen molar-refractivity contribution in [1.82, 2.24) is 10.2 Å². The molecular formula is C13H22N2O2. The molecule has 2 amide bonds. The molecule has 0 aromatic carbocycles. The van der Waals surface area contributed by atoms with E-state index in [0.29, 0.717) is 0 Å². The molecule has 0 aromatic rings. The maximum Gasteiger partial charge on any atom is 0.226 e. The molecule has 17 heavy (non-hydrogen) atoms. The van der Waals surface area contributed by atoms with Crippen molar-refractivity contribution in [3.8, 4) is 0 Å². The summed E-state index contributed by atoms with van der Waals surface area (Å²) in [5.74, 6) is 0.487. The summed E-state index contributed by atoms with van der Waals surface area (Å²) in [6, 6.07) is 0. The first-order chi connectivity index (χ1) is 8.05. The molecule has 4 heteroatoms. The molecule has 1 N–H and O–H groups in total.